The second-order valence-corrected chi connectivity index (χ2v) is 5.46. The van der Waals surface area contributed by atoms with Gasteiger partial charge in [0.2, 0.25) is 5.91 Å². The van der Waals surface area contributed by atoms with E-state index in [9.17, 15) is 4.79 Å². The Kier molecular flexibility index (Phi) is 4.40. The number of amides is 1. The fourth-order valence-corrected chi connectivity index (χ4v) is 2.68. The molecule has 3 unspecified atom stereocenters. The van der Waals surface area contributed by atoms with E-state index in [1.54, 1.807) is 0 Å². The van der Waals surface area contributed by atoms with Gasteiger partial charge in [-0.2, -0.15) is 0 Å². The number of nitrogens with zero attached hydrogens (tertiary/aromatic N) is 1. The molecule has 4 nitrogen and oxygen atoms in total. The molecule has 2 fully saturated rings. The number of hydrogen-bond acceptors (Lipinski definition) is 3. The van der Waals surface area contributed by atoms with Gasteiger partial charge < -0.3 is 15.4 Å². The van der Waals surface area contributed by atoms with E-state index in [1.165, 1.54) is 6.42 Å². The van der Waals surface area contributed by atoms with Crippen molar-refractivity contribution in [3.8, 4) is 0 Å². The summed E-state index contributed by atoms with van der Waals surface area (Å²) in [6.45, 7) is 4.57. The van der Waals surface area contributed by atoms with Gasteiger partial charge in [-0.15, -0.1) is 0 Å². The van der Waals surface area contributed by atoms with E-state index < -0.39 is 0 Å². The van der Waals surface area contributed by atoms with Crippen molar-refractivity contribution >= 4 is 5.91 Å². The molecule has 17 heavy (non-hydrogen) atoms. The van der Waals surface area contributed by atoms with Crippen LogP contribution in [0, 0.1) is 5.92 Å². The molecule has 0 radical (unpaired) electrons. The van der Waals surface area contributed by atoms with Crippen LogP contribution in [0.5, 0.6) is 0 Å². The van der Waals surface area contributed by atoms with Crippen molar-refractivity contribution in [2.24, 2.45) is 11.7 Å². The van der Waals surface area contributed by atoms with Crippen LogP contribution >= 0.6 is 0 Å². The molecule has 0 aliphatic carbocycles. The molecule has 0 saturated carbocycles. The zero-order valence-electron chi connectivity index (χ0n) is 10.7. The van der Waals surface area contributed by atoms with E-state index in [-0.39, 0.29) is 18.1 Å². The number of likely N-dealkylation sites (tertiary alicyclic amines) is 1. The minimum Gasteiger partial charge on any atom is -0.378 e. The largest absolute Gasteiger partial charge is 0.378 e. The van der Waals surface area contributed by atoms with Crippen molar-refractivity contribution in [1.82, 2.24) is 4.90 Å². The van der Waals surface area contributed by atoms with Crippen LogP contribution in [0.15, 0.2) is 0 Å². The van der Waals surface area contributed by atoms with E-state index >= 15 is 0 Å². The number of hydrogen-bond donors (Lipinski definition) is 1. The van der Waals surface area contributed by atoms with Crippen molar-refractivity contribution in [3.05, 3.63) is 0 Å². The van der Waals surface area contributed by atoms with Gasteiger partial charge in [-0.3, -0.25) is 4.79 Å². The number of rotatable bonds is 2. The first-order valence-electron chi connectivity index (χ1n) is 6.82. The van der Waals surface area contributed by atoms with Crippen LogP contribution in [0.1, 0.15) is 39.0 Å². The van der Waals surface area contributed by atoms with E-state index in [2.05, 4.69) is 6.92 Å². The predicted octanol–water partition coefficient (Wildman–Crippen LogP) is 1.14. The highest BCUT2D eigenvalue weighted by Gasteiger charge is 2.28. The molecule has 0 spiro atoms. The molecule has 98 valence electrons. The Morgan fingerprint density at radius 3 is 2.88 bits per heavy atom. The van der Waals surface area contributed by atoms with Gasteiger partial charge in [-0.1, -0.05) is 6.92 Å². The summed E-state index contributed by atoms with van der Waals surface area (Å²) >= 11 is 0. The van der Waals surface area contributed by atoms with E-state index in [4.69, 9.17) is 10.5 Å². The Balaban J connectivity index is 1.79. The molecule has 0 bridgehead atoms. The third-order valence-corrected chi connectivity index (χ3v) is 4.00. The number of carbonyl (C=O) groups excluding carboxylic acids is 1. The van der Waals surface area contributed by atoms with Gasteiger partial charge in [0.15, 0.2) is 0 Å². The summed E-state index contributed by atoms with van der Waals surface area (Å²) in [4.78, 5) is 14.1. The molecule has 4 heteroatoms. The lowest BCUT2D eigenvalue weighted by Crippen LogP contribution is -2.48. The lowest BCUT2D eigenvalue weighted by Gasteiger charge is -2.36. The number of piperidine rings is 1. The number of nitrogens with two attached hydrogens (primary N) is 1. The highest BCUT2D eigenvalue weighted by Crippen LogP contribution is 2.20. The van der Waals surface area contributed by atoms with Gasteiger partial charge in [0.1, 0.15) is 0 Å². The zero-order valence-corrected chi connectivity index (χ0v) is 10.7. The Morgan fingerprint density at radius 2 is 2.24 bits per heavy atom. The molecule has 0 aromatic carbocycles. The predicted molar refractivity (Wildman–Crippen MR) is 66.5 cm³/mol. The average molecular weight is 240 g/mol. The van der Waals surface area contributed by atoms with Gasteiger partial charge >= 0.3 is 0 Å². The molecule has 2 aliphatic heterocycles. The molecule has 2 aliphatic rings. The van der Waals surface area contributed by atoms with Crippen molar-refractivity contribution in [1.29, 1.82) is 0 Å². The third-order valence-electron chi connectivity index (χ3n) is 4.00. The van der Waals surface area contributed by atoms with Crippen molar-refractivity contribution in [3.63, 3.8) is 0 Å². The van der Waals surface area contributed by atoms with Crippen molar-refractivity contribution in [2.45, 2.75) is 51.2 Å². The highest BCUT2D eigenvalue weighted by atomic mass is 16.5. The second-order valence-electron chi connectivity index (χ2n) is 5.46. The normalized spacial score (nSPS) is 34.7. The summed E-state index contributed by atoms with van der Waals surface area (Å²) in [6, 6.07) is 0.255. The zero-order chi connectivity index (χ0) is 12.3. The molecule has 2 saturated heterocycles. The van der Waals surface area contributed by atoms with E-state index in [0.717, 1.165) is 39.0 Å². The molecule has 0 aromatic rings. The first kappa shape index (κ1) is 12.8. The molecule has 3 atom stereocenters. The third kappa shape index (κ3) is 3.42. The molecular formula is C13H24N2O2. The van der Waals surface area contributed by atoms with Gasteiger partial charge in [0.05, 0.1) is 12.5 Å². The van der Waals surface area contributed by atoms with Crippen LogP contribution in [0.3, 0.4) is 0 Å². The molecule has 0 aromatic heterocycles. The highest BCUT2D eigenvalue weighted by molar-refractivity contribution is 5.76. The molecule has 2 rings (SSSR count). The van der Waals surface area contributed by atoms with Crippen LogP contribution in [-0.2, 0) is 9.53 Å². The summed E-state index contributed by atoms with van der Waals surface area (Å²) in [7, 11) is 0. The second kappa shape index (κ2) is 5.83. The minimum absolute atomic E-state index is 0.155. The van der Waals surface area contributed by atoms with Gasteiger partial charge in [-0.05, 0) is 31.6 Å². The molecular weight excluding hydrogens is 216 g/mol. The van der Waals surface area contributed by atoms with Crippen LogP contribution in [-0.4, -0.2) is 42.6 Å². The lowest BCUT2D eigenvalue weighted by atomic mass is 9.94. The Bertz CT molecular complexity index is 264. The van der Waals surface area contributed by atoms with Gasteiger partial charge in [0, 0.05) is 25.7 Å². The monoisotopic (exact) mass is 240 g/mol. The van der Waals surface area contributed by atoms with Crippen molar-refractivity contribution in [2.75, 3.05) is 19.7 Å². The summed E-state index contributed by atoms with van der Waals surface area (Å²) in [5.41, 5.74) is 5.96. The maximum Gasteiger partial charge on any atom is 0.225 e. The fraction of sp³-hybridized carbons (Fsp3) is 0.923. The number of ether oxygens (including phenoxy) is 1. The van der Waals surface area contributed by atoms with Gasteiger partial charge in [0.25, 0.3) is 0 Å². The molecule has 2 heterocycles. The number of carbonyl (C=O) groups is 1. The first-order valence-corrected chi connectivity index (χ1v) is 6.82. The molecule has 2 N–H and O–H groups in total. The minimum atomic E-state index is 0.155. The standard InChI is InChI=1S/C13H24N2O2/c1-10-9-15(6-5-12(10)14)13(16)8-11-4-2-3-7-17-11/h10-12H,2-9,14H2,1H3. The summed E-state index contributed by atoms with van der Waals surface area (Å²) in [5, 5.41) is 0. The lowest BCUT2D eigenvalue weighted by molar-refractivity contribution is -0.137. The summed E-state index contributed by atoms with van der Waals surface area (Å²) in [5.74, 6) is 0.663. The maximum absolute atomic E-state index is 12.1. The SMILES string of the molecule is CC1CN(C(=O)CC2CCCCO2)CCC1N. The quantitative estimate of drug-likeness (QED) is 0.787. The Hall–Kier alpha value is -0.610. The van der Waals surface area contributed by atoms with Crippen LogP contribution in [0.25, 0.3) is 0 Å². The average Bonchev–Trinajstić information content (AvgIpc) is 2.34. The van der Waals surface area contributed by atoms with Gasteiger partial charge in [-0.25, -0.2) is 0 Å². The first-order chi connectivity index (χ1) is 8.16. The van der Waals surface area contributed by atoms with Crippen molar-refractivity contribution < 1.29 is 9.53 Å². The Labute approximate surface area is 103 Å². The fourth-order valence-electron chi connectivity index (χ4n) is 2.68. The van der Waals surface area contributed by atoms with E-state index in [0.29, 0.717) is 12.3 Å². The van der Waals surface area contributed by atoms with Crippen LogP contribution < -0.4 is 5.73 Å². The molecule has 1 amide bonds. The van der Waals surface area contributed by atoms with Crippen LogP contribution in [0.2, 0.25) is 0 Å². The topological polar surface area (TPSA) is 55.6 Å². The summed E-state index contributed by atoms with van der Waals surface area (Å²) in [6.07, 6.45) is 5.01. The van der Waals surface area contributed by atoms with E-state index in [1.807, 2.05) is 4.90 Å². The Morgan fingerprint density at radius 1 is 1.41 bits per heavy atom. The van der Waals surface area contributed by atoms with Crippen LogP contribution in [0.4, 0.5) is 0 Å². The maximum atomic E-state index is 12.1. The smallest absolute Gasteiger partial charge is 0.225 e. The summed E-state index contributed by atoms with van der Waals surface area (Å²) < 4.78 is 5.62.